The molecular weight excluding hydrogens is 248 g/mol. The van der Waals surface area contributed by atoms with E-state index >= 15 is 0 Å². The van der Waals surface area contributed by atoms with E-state index in [1.54, 1.807) is 6.07 Å². The molecule has 14 heavy (non-hydrogen) atoms. The fourth-order valence-electron chi connectivity index (χ4n) is 1.33. The maximum Gasteiger partial charge on any atom is 0.239 e. The fourth-order valence-corrected chi connectivity index (χ4v) is 1.63. The van der Waals surface area contributed by atoms with E-state index in [1.165, 1.54) is 6.33 Å². The van der Waals surface area contributed by atoms with Gasteiger partial charge in [0.25, 0.3) is 0 Å². The van der Waals surface area contributed by atoms with Crippen LogP contribution < -0.4 is 10.2 Å². The molecule has 1 aliphatic heterocycles. The van der Waals surface area contributed by atoms with Gasteiger partial charge in [-0.1, -0.05) is 0 Å². The molecule has 6 heteroatoms. The minimum Gasteiger partial charge on any atom is -0.353 e. The third kappa shape index (κ3) is 2.01. The molecule has 0 aliphatic carbocycles. The highest BCUT2D eigenvalue weighted by atomic mass is 79.9. The molecule has 5 nitrogen and oxygen atoms in total. The first-order valence-electron chi connectivity index (χ1n) is 4.25. The predicted molar refractivity (Wildman–Crippen MR) is 55.0 cm³/mol. The Labute approximate surface area is 89.7 Å². The highest BCUT2D eigenvalue weighted by Gasteiger charge is 2.17. The van der Waals surface area contributed by atoms with Gasteiger partial charge in [0.05, 0.1) is 6.54 Å². The fraction of sp³-hybridized carbons (Fsp3) is 0.375. The number of hydrogen-bond acceptors (Lipinski definition) is 4. The zero-order chi connectivity index (χ0) is 9.97. The largest absolute Gasteiger partial charge is 0.353 e. The van der Waals surface area contributed by atoms with Crippen molar-refractivity contribution in [1.29, 1.82) is 0 Å². The van der Waals surface area contributed by atoms with Crippen LogP contribution in [-0.4, -0.2) is 35.5 Å². The summed E-state index contributed by atoms with van der Waals surface area (Å²) in [5.74, 6) is 0.813. The monoisotopic (exact) mass is 256 g/mol. The Balaban J connectivity index is 2.17. The van der Waals surface area contributed by atoms with E-state index in [-0.39, 0.29) is 5.91 Å². The number of halogens is 1. The molecule has 1 amide bonds. The first-order valence-corrected chi connectivity index (χ1v) is 5.04. The van der Waals surface area contributed by atoms with Crippen LogP contribution in [0.15, 0.2) is 17.0 Å². The van der Waals surface area contributed by atoms with Gasteiger partial charge in [0.1, 0.15) is 16.7 Å². The van der Waals surface area contributed by atoms with Crippen LogP contribution in [0.2, 0.25) is 0 Å². The van der Waals surface area contributed by atoms with Gasteiger partial charge in [0, 0.05) is 19.2 Å². The van der Waals surface area contributed by atoms with Crippen molar-refractivity contribution in [3.05, 3.63) is 17.0 Å². The molecule has 1 aliphatic rings. The van der Waals surface area contributed by atoms with Crippen LogP contribution in [0.5, 0.6) is 0 Å². The lowest BCUT2D eigenvalue weighted by Crippen LogP contribution is -2.48. The lowest BCUT2D eigenvalue weighted by Gasteiger charge is -2.27. The number of hydrogen-bond donors (Lipinski definition) is 1. The van der Waals surface area contributed by atoms with Gasteiger partial charge in [-0.25, -0.2) is 9.97 Å². The Morgan fingerprint density at radius 2 is 2.36 bits per heavy atom. The van der Waals surface area contributed by atoms with Crippen molar-refractivity contribution in [2.24, 2.45) is 0 Å². The molecular formula is C8H9BrN4O. The zero-order valence-corrected chi connectivity index (χ0v) is 8.99. The Kier molecular flexibility index (Phi) is 2.62. The van der Waals surface area contributed by atoms with E-state index < -0.39 is 0 Å². The quantitative estimate of drug-likeness (QED) is 0.729. The number of piperazine rings is 1. The van der Waals surface area contributed by atoms with Crippen LogP contribution in [0.3, 0.4) is 0 Å². The Morgan fingerprint density at radius 3 is 3.07 bits per heavy atom. The molecule has 0 radical (unpaired) electrons. The minimum absolute atomic E-state index is 0.0333. The van der Waals surface area contributed by atoms with Crippen molar-refractivity contribution in [3.8, 4) is 0 Å². The van der Waals surface area contributed by atoms with Gasteiger partial charge < -0.3 is 10.2 Å². The maximum atomic E-state index is 11.1. The number of carbonyl (C=O) groups excluding carboxylic acids is 1. The standard InChI is InChI=1S/C8H9BrN4O/c9-6-3-7(12-5-11-6)13-2-1-10-8(14)4-13/h3,5H,1-2,4H2,(H,10,14). The van der Waals surface area contributed by atoms with Crippen LogP contribution >= 0.6 is 15.9 Å². The average molecular weight is 257 g/mol. The Hall–Kier alpha value is -1.17. The summed E-state index contributed by atoms with van der Waals surface area (Å²) in [5, 5.41) is 2.76. The van der Waals surface area contributed by atoms with Crippen molar-refractivity contribution in [2.75, 3.05) is 24.5 Å². The van der Waals surface area contributed by atoms with Gasteiger partial charge in [-0.15, -0.1) is 0 Å². The smallest absolute Gasteiger partial charge is 0.239 e. The highest BCUT2D eigenvalue weighted by molar-refractivity contribution is 9.10. The third-order valence-corrected chi connectivity index (χ3v) is 2.42. The number of carbonyl (C=O) groups is 1. The summed E-state index contributed by atoms with van der Waals surface area (Å²) in [5.41, 5.74) is 0. The van der Waals surface area contributed by atoms with E-state index in [4.69, 9.17) is 0 Å². The van der Waals surface area contributed by atoms with E-state index in [9.17, 15) is 4.79 Å². The molecule has 74 valence electrons. The van der Waals surface area contributed by atoms with E-state index in [1.807, 2.05) is 4.90 Å². The van der Waals surface area contributed by atoms with Crippen LogP contribution in [0.25, 0.3) is 0 Å². The third-order valence-electron chi connectivity index (χ3n) is 1.98. The molecule has 0 bridgehead atoms. The number of nitrogens with one attached hydrogen (secondary N) is 1. The molecule has 1 N–H and O–H groups in total. The molecule has 0 aromatic carbocycles. The molecule has 1 fully saturated rings. The van der Waals surface area contributed by atoms with Crippen LogP contribution in [0, 0.1) is 0 Å². The highest BCUT2D eigenvalue weighted by Crippen LogP contribution is 2.14. The first kappa shape index (κ1) is 9.39. The summed E-state index contributed by atoms with van der Waals surface area (Å²) in [4.78, 5) is 21.1. The van der Waals surface area contributed by atoms with Crippen molar-refractivity contribution >= 4 is 27.7 Å². The average Bonchev–Trinajstić information content (AvgIpc) is 2.18. The van der Waals surface area contributed by atoms with E-state index in [2.05, 4.69) is 31.2 Å². The van der Waals surface area contributed by atoms with Crippen molar-refractivity contribution < 1.29 is 4.79 Å². The summed E-state index contributed by atoms with van der Waals surface area (Å²) >= 11 is 3.27. The van der Waals surface area contributed by atoms with Gasteiger partial charge in [-0.05, 0) is 15.9 Å². The molecule has 1 aromatic heterocycles. The van der Waals surface area contributed by atoms with Crippen LogP contribution in [0.4, 0.5) is 5.82 Å². The van der Waals surface area contributed by atoms with Gasteiger partial charge in [0.15, 0.2) is 0 Å². The molecule has 2 heterocycles. The second-order valence-electron chi connectivity index (χ2n) is 2.97. The van der Waals surface area contributed by atoms with Crippen molar-refractivity contribution in [1.82, 2.24) is 15.3 Å². The van der Waals surface area contributed by atoms with Crippen LogP contribution in [0.1, 0.15) is 0 Å². The predicted octanol–water partition coefficient (Wildman–Crippen LogP) is 0.175. The number of amides is 1. The number of rotatable bonds is 1. The van der Waals surface area contributed by atoms with E-state index in [0.29, 0.717) is 13.1 Å². The van der Waals surface area contributed by atoms with Crippen molar-refractivity contribution in [3.63, 3.8) is 0 Å². The van der Waals surface area contributed by atoms with Crippen LogP contribution in [-0.2, 0) is 4.79 Å². The second-order valence-corrected chi connectivity index (χ2v) is 3.78. The van der Waals surface area contributed by atoms with Gasteiger partial charge >= 0.3 is 0 Å². The molecule has 0 saturated carbocycles. The first-order chi connectivity index (χ1) is 6.75. The lowest BCUT2D eigenvalue weighted by molar-refractivity contribution is -0.120. The molecule has 0 atom stereocenters. The van der Waals surface area contributed by atoms with Gasteiger partial charge in [0.2, 0.25) is 5.91 Å². The summed E-state index contributed by atoms with van der Waals surface area (Å²) in [6.07, 6.45) is 1.48. The zero-order valence-electron chi connectivity index (χ0n) is 7.40. The summed E-state index contributed by atoms with van der Waals surface area (Å²) < 4.78 is 0.730. The summed E-state index contributed by atoms with van der Waals surface area (Å²) in [6, 6.07) is 1.80. The number of anilines is 1. The summed E-state index contributed by atoms with van der Waals surface area (Å²) in [6.45, 7) is 1.82. The molecule has 1 saturated heterocycles. The lowest BCUT2D eigenvalue weighted by atomic mass is 10.3. The molecule has 2 rings (SSSR count). The molecule has 0 unspecified atom stereocenters. The summed E-state index contributed by atoms with van der Waals surface area (Å²) in [7, 11) is 0. The molecule has 0 spiro atoms. The maximum absolute atomic E-state index is 11.1. The number of aromatic nitrogens is 2. The van der Waals surface area contributed by atoms with Gasteiger partial charge in [-0.2, -0.15) is 0 Å². The topological polar surface area (TPSA) is 58.1 Å². The minimum atomic E-state index is 0.0333. The van der Waals surface area contributed by atoms with Crippen molar-refractivity contribution in [2.45, 2.75) is 0 Å². The Bertz CT molecular complexity index is 357. The number of nitrogens with zero attached hydrogens (tertiary/aromatic N) is 3. The van der Waals surface area contributed by atoms with E-state index in [0.717, 1.165) is 17.0 Å². The Morgan fingerprint density at radius 1 is 1.50 bits per heavy atom. The second kappa shape index (κ2) is 3.91. The van der Waals surface area contributed by atoms with Gasteiger partial charge in [-0.3, -0.25) is 4.79 Å². The molecule has 1 aromatic rings. The SMILES string of the molecule is O=C1CN(c2cc(Br)ncn2)CCN1. The normalized spacial score (nSPS) is 16.6.